The molecule has 0 amide bonds. The van der Waals surface area contributed by atoms with Crippen LogP contribution in [0.4, 0.5) is 13.2 Å². The van der Waals surface area contributed by atoms with Crippen LogP contribution in [0.2, 0.25) is 5.02 Å². The van der Waals surface area contributed by atoms with Crippen molar-refractivity contribution in [3.63, 3.8) is 0 Å². The highest BCUT2D eigenvalue weighted by Crippen LogP contribution is 2.45. The van der Waals surface area contributed by atoms with Crippen LogP contribution in [0.25, 0.3) is 11.1 Å². The normalized spacial score (nSPS) is 15.5. The highest BCUT2D eigenvalue weighted by Gasteiger charge is 2.40. The zero-order valence-corrected chi connectivity index (χ0v) is 13.7. The summed E-state index contributed by atoms with van der Waals surface area (Å²) in [5.41, 5.74) is 1.95. The first-order valence-electron chi connectivity index (χ1n) is 7.54. The van der Waals surface area contributed by atoms with Crippen LogP contribution < -0.4 is 0 Å². The fraction of sp³-hybridized carbons (Fsp3) is 0.150. The molecule has 24 heavy (non-hydrogen) atoms. The van der Waals surface area contributed by atoms with E-state index in [0.29, 0.717) is 22.6 Å². The first-order chi connectivity index (χ1) is 11.4. The minimum absolute atomic E-state index is 0.206. The van der Waals surface area contributed by atoms with Gasteiger partial charge in [0.05, 0.1) is 5.57 Å². The van der Waals surface area contributed by atoms with Crippen LogP contribution in [0.1, 0.15) is 23.1 Å². The maximum Gasteiger partial charge on any atom is 0.417 e. The van der Waals surface area contributed by atoms with Crippen molar-refractivity contribution in [2.24, 2.45) is 0 Å². The van der Waals surface area contributed by atoms with Gasteiger partial charge in [-0.3, -0.25) is 0 Å². The van der Waals surface area contributed by atoms with Crippen LogP contribution in [0.5, 0.6) is 0 Å². The molecule has 2 aromatic rings. The van der Waals surface area contributed by atoms with Gasteiger partial charge in [0.15, 0.2) is 0 Å². The highest BCUT2D eigenvalue weighted by molar-refractivity contribution is 6.30. The zero-order valence-electron chi connectivity index (χ0n) is 13.0. The molecule has 0 nitrogen and oxygen atoms in total. The van der Waals surface area contributed by atoms with E-state index in [2.05, 4.69) is 0 Å². The van der Waals surface area contributed by atoms with Gasteiger partial charge in [-0.05, 0) is 54.2 Å². The van der Waals surface area contributed by atoms with Crippen molar-refractivity contribution in [2.45, 2.75) is 19.5 Å². The van der Waals surface area contributed by atoms with Crippen LogP contribution in [0, 0.1) is 13.3 Å². The largest absolute Gasteiger partial charge is 0.417 e. The molecule has 0 aromatic heterocycles. The third-order valence-corrected chi connectivity index (χ3v) is 4.24. The number of benzene rings is 2. The summed E-state index contributed by atoms with van der Waals surface area (Å²) in [5, 5.41) is 0.498. The fourth-order valence-electron chi connectivity index (χ4n) is 2.84. The number of aryl methyl sites for hydroxylation is 1. The third kappa shape index (κ3) is 3.41. The summed E-state index contributed by atoms with van der Waals surface area (Å²) in [7, 11) is 0. The van der Waals surface area contributed by atoms with E-state index in [4.69, 9.17) is 11.6 Å². The maximum absolute atomic E-state index is 13.8. The van der Waals surface area contributed by atoms with Crippen molar-refractivity contribution >= 4 is 22.7 Å². The van der Waals surface area contributed by atoms with Gasteiger partial charge in [0.1, 0.15) is 0 Å². The predicted octanol–water partition coefficient (Wildman–Crippen LogP) is 6.66. The van der Waals surface area contributed by atoms with Crippen LogP contribution in [-0.4, -0.2) is 6.18 Å². The summed E-state index contributed by atoms with van der Waals surface area (Å²) in [4.78, 5) is 0. The first-order valence-corrected chi connectivity index (χ1v) is 7.92. The molecule has 0 saturated heterocycles. The Morgan fingerprint density at radius 3 is 2.04 bits per heavy atom. The van der Waals surface area contributed by atoms with Crippen molar-refractivity contribution in [2.75, 3.05) is 0 Å². The zero-order chi connectivity index (χ0) is 17.3. The van der Waals surface area contributed by atoms with Gasteiger partial charge in [0.25, 0.3) is 0 Å². The molecule has 1 aliphatic rings. The van der Waals surface area contributed by atoms with Crippen LogP contribution in [-0.2, 0) is 0 Å². The average molecular weight is 348 g/mol. The summed E-state index contributed by atoms with van der Waals surface area (Å²) >= 11 is 5.86. The number of rotatable bonds is 2. The smallest absolute Gasteiger partial charge is 0.166 e. The molecule has 123 valence electrons. The summed E-state index contributed by atoms with van der Waals surface area (Å²) in [6, 6.07) is 13.6. The van der Waals surface area contributed by atoms with Gasteiger partial charge in [-0.2, -0.15) is 13.2 Å². The minimum Gasteiger partial charge on any atom is -0.166 e. The lowest BCUT2D eigenvalue weighted by Crippen LogP contribution is -2.18. The molecule has 1 aliphatic carbocycles. The molecule has 0 bridgehead atoms. The molecule has 3 rings (SSSR count). The van der Waals surface area contributed by atoms with Gasteiger partial charge in [0.2, 0.25) is 0 Å². The number of alkyl halides is 3. The van der Waals surface area contributed by atoms with E-state index in [-0.39, 0.29) is 11.1 Å². The Balaban J connectivity index is 2.17. The summed E-state index contributed by atoms with van der Waals surface area (Å²) < 4.78 is 41.5. The quantitative estimate of drug-likeness (QED) is 0.570. The standard InChI is InChI=1S/C20H15ClF3/c1-13-5-7-14(8-6-13)17-3-2-4-18(19(17)20(22,23)24)15-9-11-16(21)12-10-15/h3-12H,2H2,1H3. The molecule has 0 fully saturated rings. The topological polar surface area (TPSA) is 0 Å². The Morgan fingerprint density at radius 2 is 1.46 bits per heavy atom. The van der Waals surface area contributed by atoms with E-state index in [9.17, 15) is 13.2 Å². The summed E-state index contributed by atoms with van der Waals surface area (Å²) in [6.07, 6.45) is -0.736. The molecule has 0 spiro atoms. The van der Waals surface area contributed by atoms with Gasteiger partial charge in [-0.25, -0.2) is 0 Å². The molecule has 1 radical (unpaired) electrons. The van der Waals surface area contributed by atoms with E-state index in [1.54, 1.807) is 48.9 Å². The lowest BCUT2D eigenvalue weighted by Gasteiger charge is -2.24. The van der Waals surface area contributed by atoms with Crippen molar-refractivity contribution in [1.29, 1.82) is 0 Å². The Kier molecular flexibility index (Phi) is 4.55. The average Bonchev–Trinajstić information content (AvgIpc) is 2.55. The Morgan fingerprint density at radius 1 is 0.875 bits per heavy atom. The monoisotopic (exact) mass is 347 g/mol. The lowest BCUT2D eigenvalue weighted by molar-refractivity contribution is -0.0866. The lowest BCUT2D eigenvalue weighted by atomic mass is 9.83. The molecule has 0 N–H and O–H groups in total. The van der Waals surface area contributed by atoms with Gasteiger partial charge in [-0.15, -0.1) is 0 Å². The molecule has 2 aromatic carbocycles. The summed E-state index contributed by atoms with van der Waals surface area (Å²) in [5.74, 6) is 0. The van der Waals surface area contributed by atoms with Gasteiger partial charge < -0.3 is 0 Å². The van der Waals surface area contributed by atoms with E-state index in [0.717, 1.165) is 5.56 Å². The second-order valence-corrected chi connectivity index (χ2v) is 6.15. The number of hydrogen-bond acceptors (Lipinski definition) is 0. The number of hydrogen-bond donors (Lipinski definition) is 0. The molecule has 4 heteroatoms. The molecule has 0 aliphatic heterocycles. The van der Waals surface area contributed by atoms with Crippen molar-refractivity contribution in [3.8, 4) is 0 Å². The van der Waals surface area contributed by atoms with Gasteiger partial charge >= 0.3 is 6.18 Å². The van der Waals surface area contributed by atoms with E-state index in [1.807, 2.05) is 19.1 Å². The van der Waals surface area contributed by atoms with Crippen molar-refractivity contribution in [3.05, 3.63) is 88.3 Å². The third-order valence-electron chi connectivity index (χ3n) is 3.98. The van der Waals surface area contributed by atoms with Crippen molar-refractivity contribution < 1.29 is 13.2 Å². The highest BCUT2D eigenvalue weighted by atomic mass is 35.5. The van der Waals surface area contributed by atoms with Crippen LogP contribution >= 0.6 is 11.6 Å². The maximum atomic E-state index is 13.8. The van der Waals surface area contributed by atoms with Crippen LogP contribution in [0.3, 0.4) is 0 Å². The van der Waals surface area contributed by atoms with Gasteiger partial charge in [-0.1, -0.05) is 59.6 Å². The Labute approximate surface area is 144 Å². The molecule has 0 saturated carbocycles. The second-order valence-electron chi connectivity index (χ2n) is 5.72. The molecule has 0 atom stereocenters. The number of allylic oxidation sites excluding steroid dienone is 4. The SMILES string of the molecule is Cc1ccc(C2=CC[CH]C(c3ccc(Cl)cc3)=C2C(F)(F)F)cc1. The van der Waals surface area contributed by atoms with E-state index < -0.39 is 11.7 Å². The van der Waals surface area contributed by atoms with E-state index >= 15 is 0 Å². The molecular weight excluding hydrogens is 333 g/mol. The number of halogens is 4. The Hall–Kier alpha value is -2.00. The van der Waals surface area contributed by atoms with Crippen LogP contribution in [0.15, 0.2) is 60.2 Å². The molecular formula is C20H15ClF3. The minimum atomic E-state index is -4.44. The van der Waals surface area contributed by atoms with E-state index in [1.165, 1.54) is 0 Å². The van der Waals surface area contributed by atoms with Gasteiger partial charge in [0, 0.05) is 5.02 Å². The Bertz CT molecular complexity index is 794. The first kappa shape index (κ1) is 16.8. The molecule has 0 unspecified atom stereocenters. The second kappa shape index (κ2) is 6.48. The molecule has 0 heterocycles. The fourth-order valence-corrected chi connectivity index (χ4v) is 2.96. The van der Waals surface area contributed by atoms with Crippen molar-refractivity contribution in [1.82, 2.24) is 0 Å². The predicted molar refractivity (Wildman–Crippen MR) is 92.5 cm³/mol. The summed E-state index contributed by atoms with van der Waals surface area (Å²) in [6.45, 7) is 1.91.